The molecule has 7 heteroatoms. The molecule has 0 bridgehead atoms. The van der Waals surface area contributed by atoms with E-state index in [-0.39, 0.29) is 23.3 Å². The van der Waals surface area contributed by atoms with Gasteiger partial charge >= 0.3 is 5.69 Å². The number of furan rings is 1. The smallest absolute Gasteiger partial charge is 0.345 e. The Kier molecular flexibility index (Phi) is 6.59. The number of aromatic nitrogens is 2. The fourth-order valence-corrected chi connectivity index (χ4v) is 3.46. The van der Waals surface area contributed by atoms with E-state index in [9.17, 15) is 14.0 Å². The number of aromatic amines is 1. The van der Waals surface area contributed by atoms with Crippen molar-refractivity contribution in [2.24, 2.45) is 0 Å². The molecule has 152 valence electrons. The van der Waals surface area contributed by atoms with Gasteiger partial charge in [-0.2, -0.15) is 4.98 Å². The molecule has 0 aliphatic carbocycles. The summed E-state index contributed by atoms with van der Waals surface area (Å²) in [6.45, 7) is 4.04. The summed E-state index contributed by atoms with van der Waals surface area (Å²) in [6, 6.07) is 10.0. The second-order valence-corrected chi connectivity index (χ2v) is 6.99. The number of hydrogen-bond donors (Lipinski definition) is 2. The van der Waals surface area contributed by atoms with Crippen LogP contribution in [-0.4, -0.2) is 22.4 Å². The molecule has 0 radical (unpaired) electrons. The number of halogens is 1. The van der Waals surface area contributed by atoms with E-state index in [0.29, 0.717) is 31.5 Å². The van der Waals surface area contributed by atoms with Crippen molar-refractivity contribution in [2.45, 2.75) is 39.0 Å². The van der Waals surface area contributed by atoms with E-state index in [2.05, 4.69) is 15.3 Å². The minimum Gasteiger partial charge on any atom is -0.469 e. The summed E-state index contributed by atoms with van der Waals surface area (Å²) in [5.74, 6) is 0.338. The first-order valence-corrected chi connectivity index (χ1v) is 9.56. The van der Waals surface area contributed by atoms with Crippen molar-refractivity contribution in [3.05, 3.63) is 87.2 Å². The van der Waals surface area contributed by atoms with Crippen LogP contribution in [0.25, 0.3) is 0 Å². The third-order valence-electron chi connectivity index (χ3n) is 4.97. The Labute approximate surface area is 168 Å². The Morgan fingerprint density at radius 1 is 1.24 bits per heavy atom. The van der Waals surface area contributed by atoms with Crippen LogP contribution in [0.5, 0.6) is 0 Å². The quantitative estimate of drug-likeness (QED) is 0.610. The van der Waals surface area contributed by atoms with Crippen LogP contribution >= 0.6 is 0 Å². The largest absolute Gasteiger partial charge is 0.469 e. The van der Waals surface area contributed by atoms with Crippen molar-refractivity contribution >= 4 is 5.91 Å². The first kappa shape index (κ1) is 20.5. The molecule has 0 saturated heterocycles. The third-order valence-corrected chi connectivity index (χ3v) is 4.97. The maximum absolute atomic E-state index is 13.2. The van der Waals surface area contributed by atoms with Crippen molar-refractivity contribution in [3.63, 3.8) is 0 Å². The van der Waals surface area contributed by atoms with Crippen LogP contribution in [0.1, 0.15) is 47.0 Å². The Morgan fingerprint density at radius 3 is 2.66 bits per heavy atom. The lowest BCUT2D eigenvalue weighted by Gasteiger charge is -2.16. The van der Waals surface area contributed by atoms with Gasteiger partial charge < -0.3 is 14.7 Å². The molecule has 0 aliphatic rings. The van der Waals surface area contributed by atoms with Gasteiger partial charge in [0.25, 0.3) is 0 Å². The van der Waals surface area contributed by atoms with Gasteiger partial charge in [-0.05, 0) is 62.1 Å². The van der Waals surface area contributed by atoms with Crippen molar-refractivity contribution in [3.8, 4) is 0 Å². The number of rotatable bonds is 8. The molecule has 0 saturated carbocycles. The molecule has 3 rings (SSSR count). The third kappa shape index (κ3) is 5.40. The molecule has 1 aromatic carbocycles. The summed E-state index contributed by atoms with van der Waals surface area (Å²) in [6.07, 6.45) is 3.04. The van der Waals surface area contributed by atoms with Gasteiger partial charge in [-0.3, -0.25) is 4.79 Å². The second-order valence-electron chi connectivity index (χ2n) is 6.99. The molecule has 0 aliphatic heterocycles. The van der Waals surface area contributed by atoms with Crippen LogP contribution in [-0.2, 0) is 11.2 Å². The van der Waals surface area contributed by atoms with Crippen LogP contribution in [0, 0.1) is 19.7 Å². The average molecular weight is 397 g/mol. The lowest BCUT2D eigenvalue weighted by atomic mass is 9.93. The molecule has 2 aromatic heterocycles. The minimum atomic E-state index is -0.377. The van der Waals surface area contributed by atoms with Crippen molar-refractivity contribution in [1.29, 1.82) is 0 Å². The van der Waals surface area contributed by atoms with Crippen LogP contribution in [0.2, 0.25) is 0 Å². The summed E-state index contributed by atoms with van der Waals surface area (Å²) in [4.78, 5) is 30.2. The van der Waals surface area contributed by atoms with Gasteiger partial charge in [-0.1, -0.05) is 12.1 Å². The fraction of sp³-hybridized carbons (Fsp3) is 0.318. The number of amides is 1. The zero-order valence-electron chi connectivity index (χ0n) is 16.5. The minimum absolute atomic E-state index is 0.0706. The molecule has 2 heterocycles. The highest BCUT2D eigenvalue weighted by molar-refractivity contribution is 5.76. The van der Waals surface area contributed by atoms with Gasteiger partial charge in [0.05, 0.1) is 6.26 Å². The van der Waals surface area contributed by atoms with E-state index in [1.54, 1.807) is 32.2 Å². The summed E-state index contributed by atoms with van der Waals surface area (Å²) in [5.41, 5.74) is 2.83. The van der Waals surface area contributed by atoms with Crippen LogP contribution in [0.15, 0.2) is 51.9 Å². The first-order chi connectivity index (χ1) is 13.9. The normalized spacial score (nSPS) is 12.0. The number of carbonyl (C=O) groups is 1. The van der Waals surface area contributed by atoms with E-state index in [0.717, 1.165) is 22.6 Å². The Balaban J connectivity index is 1.56. The highest BCUT2D eigenvalue weighted by atomic mass is 19.1. The van der Waals surface area contributed by atoms with Crippen molar-refractivity contribution in [2.75, 3.05) is 6.54 Å². The Hall–Kier alpha value is -3.22. The van der Waals surface area contributed by atoms with E-state index in [1.807, 2.05) is 12.1 Å². The van der Waals surface area contributed by atoms with Gasteiger partial charge in [0.15, 0.2) is 0 Å². The predicted octanol–water partition coefficient (Wildman–Crippen LogP) is 3.39. The summed E-state index contributed by atoms with van der Waals surface area (Å²) in [5, 5.41) is 2.93. The SMILES string of the molecule is Cc1nc(=O)[nH]c(C)c1CCC(=O)NCCC(c1ccc(F)cc1)c1ccco1. The van der Waals surface area contributed by atoms with E-state index >= 15 is 0 Å². The average Bonchev–Trinajstić information content (AvgIpc) is 3.20. The molecule has 0 spiro atoms. The molecule has 6 nitrogen and oxygen atoms in total. The van der Waals surface area contributed by atoms with Gasteiger partial charge in [-0.15, -0.1) is 0 Å². The standard InChI is InChI=1S/C22H24FN3O3/c1-14-18(15(2)26-22(28)25-14)9-10-21(27)24-12-11-19(20-4-3-13-29-20)16-5-7-17(23)8-6-16/h3-8,13,19H,9-12H2,1-2H3,(H,24,27)(H,25,26,28). The molecular formula is C22H24FN3O3. The number of nitrogens with one attached hydrogen (secondary N) is 2. The molecule has 2 N–H and O–H groups in total. The van der Waals surface area contributed by atoms with E-state index in [4.69, 9.17) is 4.42 Å². The molecule has 1 atom stereocenters. The molecule has 1 amide bonds. The topological polar surface area (TPSA) is 88.0 Å². The van der Waals surface area contributed by atoms with Gasteiger partial charge in [-0.25, -0.2) is 9.18 Å². The van der Waals surface area contributed by atoms with Gasteiger partial charge in [0.2, 0.25) is 5.91 Å². The molecule has 29 heavy (non-hydrogen) atoms. The Bertz CT molecular complexity index is 985. The highest BCUT2D eigenvalue weighted by Crippen LogP contribution is 2.28. The fourth-order valence-electron chi connectivity index (χ4n) is 3.46. The summed E-state index contributed by atoms with van der Waals surface area (Å²) < 4.78 is 18.8. The first-order valence-electron chi connectivity index (χ1n) is 9.56. The number of H-pyrrole nitrogens is 1. The predicted molar refractivity (Wildman–Crippen MR) is 107 cm³/mol. The lowest BCUT2D eigenvalue weighted by molar-refractivity contribution is -0.121. The van der Waals surface area contributed by atoms with Gasteiger partial charge in [0.1, 0.15) is 11.6 Å². The van der Waals surface area contributed by atoms with Crippen LogP contribution in [0.4, 0.5) is 4.39 Å². The Morgan fingerprint density at radius 2 is 2.00 bits per heavy atom. The molecule has 3 aromatic rings. The van der Waals surface area contributed by atoms with Crippen LogP contribution in [0.3, 0.4) is 0 Å². The monoisotopic (exact) mass is 397 g/mol. The van der Waals surface area contributed by atoms with E-state index in [1.165, 1.54) is 12.1 Å². The molecule has 0 fully saturated rings. The number of benzene rings is 1. The number of nitrogens with zero attached hydrogens (tertiary/aromatic N) is 1. The molecular weight excluding hydrogens is 373 g/mol. The highest BCUT2D eigenvalue weighted by Gasteiger charge is 2.17. The van der Waals surface area contributed by atoms with Gasteiger partial charge in [0, 0.05) is 30.3 Å². The van der Waals surface area contributed by atoms with Crippen molar-refractivity contribution < 1.29 is 13.6 Å². The number of hydrogen-bond acceptors (Lipinski definition) is 4. The zero-order chi connectivity index (χ0) is 20.8. The maximum Gasteiger partial charge on any atom is 0.345 e. The second kappa shape index (κ2) is 9.32. The molecule has 1 unspecified atom stereocenters. The van der Waals surface area contributed by atoms with E-state index < -0.39 is 0 Å². The maximum atomic E-state index is 13.2. The van der Waals surface area contributed by atoms with Crippen molar-refractivity contribution in [1.82, 2.24) is 15.3 Å². The zero-order valence-corrected chi connectivity index (χ0v) is 16.5. The lowest BCUT2D eigenvalue weighted by Crippen LogP contribution is -2.26. The summed E-state index contributed by atoms with van der Waals surface area (Å²) >= 11 is 0. The van der Waals surface area contributed by atoms with Crippen LogP contribution < -0.4 is 11.0 Å². The summed E-state index contributed by atoms with van der Waals surface area (Å²) in [7, 11) is 0. The number of aryl methyl sites for hydroxylation is 2. The number of carbonyl (C=O) groups excluding carboxylic acids is 1.